The SMILES string of the molecule is CCOC(=O)c1cc(-c2ccc(CN)cc2)n(-c2ccc(OC)nc2)n1.Cl.Cl. The van der Waals surface area contributed by atoms with Crippen molar-refractivity contribution in [3.8, 4) is 22.8 Å². The van der Waals surface area contributed by atoms with E-state index < -0.39 is 5.97 Å². The molecule has 150 valence electrons. The number of carbonyl (C=O) groups excluding carboxylic acids is 1. The standard InChI is InChI=1S/C19H20N4O3.2ClH/c1-3-26-19(24)16-10-17(14-6-4-13(11-20)5-7-14)23(22-16)15-8-9-18(25-2)21-12-15;;/h4-10,12H,3,11,20H2,1-2H3;2*1H. The molecule has 0 saturated heterocycles. The Kier molecular flexibility index (Phi) is 8.91. The van der Waals surface area contributed by atoms with E-state index in [2.05, 4.69) is 10.1 Å². The van der Waals surface area contributed by atoms with E-state index in [9.17, 15) is 4.79 Å². The Balaban J connectivity index is 0.00000196. The molecule has 3 rings (SSSR count). The maximum Gasteiger partial charge on any atom is 0.358 e. The second-order valence-electron chi connectivity index (χ2n) is 5.51. The van der Waals surface area contributed by atoms with Gasteiger partial charge >= 0.3 is 5.97 Å². The van der Waals surface area contributed by atoms with Crippen LogP contribution >= 0.6 is 24.8 Å². The van der Waals surface area contributed by atoms with Crippen LogP contribution in [-0.4, -0.2) is 34.5 Å². The van der Waals surface area contributed by atoms with Crippen LogP contribution in [0.1, 0.15) is 23.0 Å². The summed E-state index contributed by atoms with van der Waals surface area (Å²) in [5, 5.41) is 4.41. The summed E-state index contributed by atoms with van der Waals surface area (Å²) in [7, 11) is 1.55. The number of esters is 1. The molecule has 0 unspecified atom stereocenters. The van der Waals surface area contributed by atoms with Crippen LogP contribution in [0.4, 0.5) is 0 Å². The molecule has 0 spiro atoms. The van der Waals surface area contributed by atoms with Gasteiger partial charge < -0.3 is 15.2 Å². The minimum atomic E-state index is -0.465. The lowest BCUT2D eigenvalue weighted by Crippen LogP contribution is -2.07. The van der Waals surface area contributed by atoms with Crippen molar-refractivity contribution in [2.45, 2.75) is 13.5 Å². The average Bonchev–Trinajstić information content (AvgIpc) is 3.14. The second-order valence-corrected chi connectivity index (χ2v) is 5.51. The highest BCUT2D eigenvalue weighted by Crippen LogP contribution is 2.25. The van der Waals surface area contributed by atoms with E-state index >= 15 is 0 Å². The van der Waals surface area contributed by atoms with Gasteiger partial charge in [-0.3, -0.25) is 0 Å². The Hall–Kier alpha value is -2.61. The highest BCUT2D eigenvalue weighted by atomic mass is 35.5. The summed E-state index contributed by atoms with van der Waals surface area (Å²) in [5.74, 6) is 0.0351. The predicted octanol–water partition coefficient (Wildman–Crippen LogP) is 3.42. The Bertz CT molecular complexity index is 832. The molecule has 2 aromatic heterocycles. The highest BCUT2D eigenvalue weighted by molar-refractivity contribution is 5.89. The summed E-state index contributed by atoms with van der Waals surface area (Å²) in [4.78, 5) is 16.3. The van der Waals surface area contributed by atoms with E-state index in [1.807, 2.05) is 30.3 Å². The monoisotopic (exact) mass is 424 g/mol. The van der Waals surface area contributed by atoms with Crippen LogP contribution in [0.25, 0.3) is 16.9 Å². The number of rotatable bonds is 6. The number of halogens is 2. The van der Waals surface area contributed by atoms with Crippen LogP contribution in [0, 0.1) is 0 Å². The molecule has 28 heavy (non-hydrogen) atoms. The largest absolute Gasteiger partial charge is 0.481 e. The fraction of sp³-hybridized carbons (Fsp3) is 0.211. The third-order valence-electron chi connectivity index (χ3n) is 3.85. The normalized spacial score (nSPS) is 9.82. The molecule has 9 heteroatoms. The number of hydrogen-bond acceptors (Lipinski definition) is 6. The fourth-order valence-electron chi connectivity index (χ4n) is 2.52. The zero-order valence-electron chi connectivity index (χ0n) is 15.5. The third-order valence-corrected chi connectivity index (χ3v) is 3.85. The summed E-state index contributed by atoms with van der Waals surface area (Å²) >= 11 is 0. The number of nitrogens with zero attached hydrogens (tertiary/aromatic N) is 3. The Labute approximate surface area is 175 Å². The Morgan fingerprint density at radius 2 is 1.86 bits per heavy atom. The average molecular weight is 425 g/mol. The molecule has 0 fully saturated rings. The van der Waals surface area contributed by atoms with Gasteiger partial charge in [-0.1, -0.05) is 24.3 Å². The molecule has 0 aliphatic heterocycles. The van der Waals surface area contributed by atoms with Crippen molar-refractivity contribution in [3.05, 3.63) is 59.9 Å². The van der Waals surface area contributed by atoms with Crippen molar-refractivity contribution in [2.75, 3.05) is 13.7 Å². The number of carbonyl (C=O) groups is 1. The van der Waals surface area contributed by atoms with Gasteiger partial charge in [0, 0.05) is 18.2 Å². The van der Waals surface area contributed by atoms with Gasteiger partial charge in [0.1, 0.15) is 0 Å². The van der Waals surface area contributed by atoms with Crippen LogP contribution in [0.15, 0.2) is 48.7 Å². The topological polar surface area (TPSA) is 92.3 Å². The van der Waals surface area contributed by atoms with Crippen molar-refractivity contribution < 1.29 is 14.3 Å². The molecular weight excluding hydrogens is 403 g/mol. The van der Waals surface area contributed by atoms with E-state index in [1.165, 1.54) is 0 Å². The van der Waals surface area contributed by atoms with Gasteiger partial charge in [0.25, 0.3) is 0 Å². The second kappa shape index (κ2) is 10.7. The van der Waals surface area contributed by atoms with Gasteiger partial charge in [0.05, 0.1) is 31.3 Å². The van der Waals surface area contributed by atoms with Gasteiger partial charge in [0.2, 0.25) is 5.88 Å². The highest BCUT2D eigenvalue weighted by Gasteiger charge is 2.18. The number of benzene rings is 1. The fourth-order valence-corrected chi connectivity index (χ4v) is 2.52. The van der Waals surface area contributed by atoms with Crippen molar-refractivity contribution in [1.29, 1.82) is 0 Å². The predicted molar refractivity (Wildman–Crippen MR) is 112 cm³/mol. The molecule has 0 amide bonds. The molecule has 0 atom stereocenters. The maximum atomic E-state index is 12.1. The van der Waals surface area contributed by atoms with Crippen LogP contribution < -0.4 is 10.5 Å². The first-order chi connectivity index (χ1) is 12.7. The summed E-state index contributed by atoms with van der Waals surface area (Å²) in [6.07, 6.45) is 1.64. The lowest BCUT2D eigenvalue weighted by Gasteiger charge is -2.08. The van der Waals surface area contributed by atoms with Crippen LogP contribution in [0.3, 0.4) is 0 Å². The maximum absolute atomic E-state index is 12.1. The van der Waals surface area contributed by atoms with E-state index in [1.54, 1.807) is 37.0 Å². The lowest BCUT2D eigenvalue weighted by atomic mass is 10.1. The molecule has 3 aromatic rings. The van der Waals surface area contributed by atoms with Gasteiger partial charge in [-0.05, 0) is 24.6 Å². The van der Waals surface area contributed by atoms with Crippen molar-refractivity contribution in [3.63, 3.8) is 0 Å². The number of nitrogens with two attached hydrogens (primary N) is 1. The molecule has 0 saturated carbocycles. The molecule has 1 aromatic carbocycles. The number of hydrogen-bond donors (Lipinski definition) is 1. The summed E-state index contributed by atoms with van der Waals surface area (Å²) in [6, 6.07) is 13.1. The van der Waals surface area contributed by atoms with Crippen molar-refractivity contribution >= 4 is 30.8 Å². The number of methoxy groups -OCH3 is 1. The summed E-state index contributed by atoms with van der Waals surface area (Å²) < 4.78 is 11.8. The van der Waals surface area contributed by atoms with Gasteiger partial charge in [-0.15, -0.1) is 24.8 Å². The van der Waals surface area contributed by atoms with Gasteiger partial charge in [-0.2, -0.15) is 5.10 Å². The zero-order chi connectivity index (χ0) is 18.5. The number of pyridine rings is 1. The van der Waals surface area contributed by atoms with E-state index in [-0.39, 0.29) is 37.1 Å². The molecular formula is C19H22Cl2N4O3. The van der Waals surface area contributed by atoms with Crippen molar-refractivity contribution in [2.24, 2.45) is 5.73 Å². The first-order valence-corrected chi connectivity index (χ1v) is 8.23. The van der Waals surface area contributed by atoms with Crippen LogP contribution in [0.2, 0.25) is 0 Å². The quantitative estimate of drug-likeness (QED) is 0.609. The van der Waals surface area contributed by atoms with Crippen LogP contribution in [0.5, 0.6) is 5.88 Å². The Morgan fingerprint density at radius 3 is 2.39 bits per heavy atom. The molecule has 2 N–H and O–H groups in total. The smallest absolute Gasteiger partial charge is 0.358 e. The number of aromatic nitrogens is 3. The first kappa shape index (κ1) is 23.4. The van der Waals surface area contributed by atoms with E-state index in [0.29, 0.717) is 18.1 Å². The zero-order valence-corrected chi connectivity index (χ0v) is 17.1. The molecule has 0 radical (unpaired) electrons. The van der Waals surface area contributed by atoms with Gasteiger partial charge in [-0.25, -0.2) is 14.5 Å². The molecule has 0 aliphatic rings. The third kappa shape index (κ3) is 5.01. The number of ether oxygens (including phenoxy) is 2. The molecule has 7 nitrogen and oxygen atoms in total. The minimum absolute atomic E-state index is 0. The molecule has 2 heterocycles. The van der Waals surface area contributed by atoms with E-state index in [4.69, 9.17) is 15.2 Å². The first-order valence-electron chi connectivity index (χ1n) is 8.23. The summed E-state index contributed by atoms with van der Waals surface area (Å²) in [6.45, 7) is 2.51. The molecule has 0 aliphatic carbocycles. The van der Waals surface area contributed by atoms with Crippen LogP contribution in [-0.2, 0) is 11.3 Å². The lowest BCUT2D eigenvalue weighted by molar-refractivity contribution is 0.0519. The van der Waals surface area contributed by atoms with E-state index in [0.717, 1.165) is 16.8 Å². The Morgan fingerprint density at radius 1 is 1.14 bits per heavy atom. The van der Waals surface area contributed by atoms with Crippen molar-refractivity contribution in [1.82, 2.24) is 14.8 Å². The summed E-state index contributed by atoms with van der Waals surface area (Å²) in [5.41, 5.74) is 9.29. The van der Waals surface area contributed by atoms with Gasteiger partial charge in [0.15, 0.2) is 5.69 Å². The molecule has 0 bridgehead atoms. The minimum Gasteiger partial charge on any atom is -0.481 e.